The van der Waals surface area contributed by atoms with E-state index in [0.29, 0.717) is 39.0 Å². The topological polar surface area (TPSA) is 56.1 Å². The Morgan fingerprint density at radius 2 is 1.82 bits per heavy atom. The van der Waals surface area contributed by atoms with Crippen LogP contribution in [0.1, 0.15) is 10.4 Å². The molecule has 3 rings (SSSR count). The van der Waals surface area contributed by atoms with Gasteiger partial charge in [0.1, 0.15) is 17.3 Å². The number of nitrogens with zero attached hydrogens (tertiary/aromatic N) is 2. The van der Waals surface area contributed by atoms with Crippen molar-refractivity contribution < 1.29 is 23.6 Å². The van der Waals surface area contributed by atoms with E-state index in [4.69, 9.17) is 9.47 Å². The van der Waals surface area contributed by atoms with Crippen molar-refractivity contribution in [1.82, 2.24) is 4.98 Å². The number of thiazole rings is 1. The Labute approximate surface area is 167 Å². The van der Waals surface area contributed by atoms with Gasteiger partial charge in [0.2, 0.25) is 0 Å². The molecule has 0 saturated carbocycles. The first kappa shape index (κ1) is 20.0. The summed E-state index contributed by atoms with van der Waals surface area (Å²) >= 11 is 1.30. The molecule has 0 aliphatic rings. The van der Waals surface area contributed by atoms with Crippen molar-refractivity contribution in [3.8, 4) is 11.5 Å². The standard InChI is InChI=1S/C20H22FN3O3S/c1-23(2)7-8-24(20-22-17-6-5-14(21)11-18(17)28-20)19(25)13-9-15(26-3)12-16(10-13)27-4/h5-6,9-12H,7-8H2,1-4H3/p+1. The van der Waals surface area contributed by atoms with Crippen LogP contribution in [0.4, 0.5) is 9.52 Å². The largest absolute Gasteiger partial charge is 0.497 e. The van der Waals surface area contributed by atoms with E-state index < -0.39 is 0 Å². The third-order valence-corrected chi connectivity index (χ3v) is 5.29. The molecule has 1 aromatic heterocycles. The van der Waals surface area contributed by atoms with Gasteiger partial charge in [0.25, 0.3) is 5.91 Å². The monoisotopic (exact) mass is 404 g/mol. The lowest BCUT2D eigenvalue weighted by atomic mass is 10.1. The van der Waals surface area contributed by atoms with Gasteiger partial charge in [0.15, 0.2) is 5.13 Å². The van der Waals surface area contributed by atoms with Crippen molar-refractivity contribution in [2.45, 2.75) is 0 Å². The zero-order valence-electron chi connectivity index (χ0n) is 16.3. The summed E-state index contributed by atoms with van der Waals surface area (Å²) in [6.07, 6.45) is 0. The normalized spacial score (nSPS) is 11.1. The van der Waals surface area contributed by atoms with Crippen LogP contribution < -0.4 is 19.3 Å². The number of aromatic nitrogens is 1. The van der Waals surface area contributed by atoms with Crippen molar-refractivity contribution in [3.63, 3.8) is 0 Å². The number of ether oxygens (including phenoxy) is 2. The number of benzene rings is 2. The number of halogens is 1. The van der Waals surface area contributed by atoms with Gasteiger partial charge in [-0.3, -0.25) is 9.69 Å². The summed E-state index contributed by atoms with van der Waals surface area (Å²) in [6.45, 7) is 1.21. The second-order valence-electron chi connectivity index (χ2n) is 6.62. The van der Waals surface area contributed by atoms with Gasteiger partial charge < -0.3 is 14.4 Å². The summed E-state index contributed by atoms with van der Waals surface area (Å²) in [7, 11) is 7.12. The number of carbonyl (C=O) groups excluding carboxylic acids is 1. The van der Waals surface area contributed by atoms with Gasteiger partial charge in [0, 0.05) is 11.6 Å². The van der Waals surface area contributed by atoms with Crippen molar-refractivity contribution in [2.75, 3.05) is 46.3 Å². The Hall–Kier alpha value is -2.71. The highest BCUT2D eigenvalue weighted by Gasteiger charge is 2.23. The predicted octanol–water partition coefficient (Wildman–Crippen LogP) is 2.24. The van der Waals surface area contributed by atoms with Crippen molar-refractivity contribution in [1.29, 1.82) is 0 Å². The van der Waals surface area contributed by atoms with Gasteiger partial charge in [-0.25, -0.2) is 9.37 Å². The first-order valence-corrected chi connectivity index (χ1v) is 9.63. The molecule has 0 spiro atoms. The lowest BCUT2D eigenvalue weighted by Crippen LogP contribution is -3.06. The first-order chi connectivity index (χ1) is 13.4. The molecule has 6 nitrogen and oxygen atoms in total. The van der Waals surface area contributed by atoms with Gasteiger partial charge in [-0.2, -0.15) is 0 Å². The molecule has 0 fully saturated rings. The minimum atomic E-state index is -0.323. The number of amides is 1. The Balaban J connectivity index is 2.02. The molecule has 1 amide bonds. The van der Waals surface area contributed by atoms with E-state index >= 15 is 0 Å². The highest BCUT2D eigenvalue weighted by atomic mass is 32.1. The molecular formula is C20H23FN3O3S+. The number of carbonyl (C=O) groups is 1. The molecule has 0 atom stereocenters. The number of methoxy groups -OCH3 is 2. The summed E-state index contributed by atoms with van der Waals surface area (Å²) < 4.78 is 24.8. The van der Waals surface area contributed by atoms with E-state index in [1.54, 1.807) is 29.2 Å². The van der Waals surface area contributed by atoms with Gasteiger partial charge in [-0.05, 0) is 30.3 Å². The molecule has 0 aliphatic carbocycles. The van der Waals surface area contributed by atoms with Crippen LogP contribution in [0.2, 0.25) is 0 Å². The second-order valence-corrected chi connectivity index (χ2v) is 7.63. The van der Waals surface area contributed by atoms with E-state index in [-0.39, 0.29) is 11.7 Å². The van der Waals surface area contributed by atoms with Crippen LogP contribution >= 0.6 is 11.3 Å². The fourth-order valence-electron chi connectivity index (χ4n) is 2.71. The lowest BCUT2D eigenvalue weighted by Gasteiger charge is -2.21. The quantitative estimate of drug-likeness (QED) is 0.656. The van der Waals surface area contributed by atoms with Crippen LogP contribution in [-0.2, 0) is 0 Å². The summed E-state index contributed by atoms with van der Waals surface area (Å²) in [5.41, 5.74) is 1.11. The van der Waals surface area contributed by atoms with Crippen LogP contribution in [0.25, 0.3) is 10.2 Å². The van der Waals surface area contributed by atoms with E-state index in [1.165, 1.54) is 42.6 Å². The fraction of sp³-hybridized carbons (Fsp3) is 0.300. The molecule has 0 radical (unpaired) electrons. The Kier molecular flexibility index (Phi) is 6.11. The summed E-state index contributed by atoms with van der Waals surface area (Å²) in [5.74, 6) is 0.535. The highest BCUT2D eigenvalue weighted by molar-refractivity contribution is 7.22. The van der Waals surface area contributed by atoms with E-state index in [1.807, 2.05) is 14.1 Å². The number of quaternary nitrogens is 1. The zero-order valence-corrected chi connectivity index (χ0v) is 17.1. The summed E-state index contributed by atoms with van der Waals surface area (Å²) in [4.78, 5) is 20.7. The second kappa shape index (κ2) is 8.53. The molecular weight excluding hydrogens is 381 g/mol. The molecule has 1 heterocycles. The van der Waals surface area contributed by atoms with Gasteiger partial charge in [-0.1, -0.05) is 11.3 Å². The minimum absolute atomic E-state index is 0.210. The average molecular weight is 404 g/mol. The van der Waals surface area contributed by atoms with E-state index in [9.17, 15) is 9.18 Å². The number of rotatable bonds is 7. The van der Waals surface area contributed by atoms with Crippen LogP contribution in [0.5, 0.6) is 11.5 Å². The average Bonchev–Trinajstić information content (AvgIpc) is 3.09. The molecule has 148 valence electrons. The van der Waals surface area contributed by atoms with E-state index in [0.717, 1.165) is 6.54 Å². The van der Waals surface area contributed by atoms with Gasteiger partial charge in [0.05, 0.1) is 51.6 Å². The number of hydrogen-bond donors (Lipinski definition) is 1. The van der Waals surface area contributed by atoms with Crippen molar-refractivity contribution in [2.24, 2.45) is 0 Å². The third-order valence-electron chi connectivity index (χ3n) is 4.25. The maximum absolute atomic E-state index is 13.6. The van der Waals surface area contributed by atoms with Crippen LogP contribution in [0, 0.1) is 5.82 Å². The minimum Gasteiger partial charge on any atom is -0.497 e. The molecule has 0 saturated heterocycles. The van der Waals surface area contributed by atoms with Crippen molar-refractivity contribution in [3.05, 3.63) is 47.8 Å². The Bertz CT molecular complexity index is 968. The molecule has 28 heavy (non-hydrogen) atoms. The fourth-order valence-corrected chi connectivity index (χ4v) is 3.72. The first-order valence-electron chi connectivity index (χ1n) is 8.81. The molecule has 8 heteroatoms. The molecule has 0 bridgehead atoms. The summed E-state index contributed by atoms with van der Waals surface area (Å²) in [6, 6.07) is 9.49. The van der Waals surface area contributed by atoms with Crippen LogP contribution in [-0.4, -0.2) is 52.3 Å². The predicted molar refractivity (Wildman–Crippen MR) is 108 cm³/mol. The number of anilines is 1. The van der Waals surface area contributed by atoms with Gasteiger partial charge >= 0.3 is 0 Å². The molecule has 2 aromatic carbocycles. The number of nitrogens with one attached hydrogen (secondary N) is 1. The number of fused-ring (bicyclic) bond motifs is 1. The smallest absolute Gasteiger partial charge is 0.260 e. The van der Waals surface area contributed by atoms with E-state index in [2.05, 4.69) is 4.98 Å². The zero-order chi connectivity index (χ0) is 20.3. The molecule has 0 unspecified atom stereocenters. The maximum atomic E-state index is 13.6. The van der Waals surface area contributed by atoms with Crippen LogP contribution in [0.3, 0.4) is 0 Å². The summed E-state index contributed by atoms with van der Waals surface area (Å²) in [5, 5.41) is 0.536. The Morgan fingerprint density at radius 3 is 2.43 bits per heavy atom. The SMILES string of the molecule is COc1cc(OC)cc(C(=O)N(CC[NH+](C)C)c2nc3ccc(F)cc3s2)c1. The highest BCUT2D eigenvalue weighted by Crippen LogP contribution is 2.31. The third kappa shape index (κ3) is 4.40. The molecule has 1 N–H and O–H groups in total. The number of likely N-dealkylation sites (N-methyl/N-ethyl adjacent to an activating group) is 1. The molecule has 0 aliphatic heterocycles. The number of hydrogen-bond acceptors (Lipinski definition) is 5. The maximum Gasteiger partial charge on any atom is 0.260 e. The van der Waals surface area contributed by atoms with Crippen molar-refractivity contribution >= 4 is 32.6 Å². The van der Waals surface area contributed by atoms with Crippen LogP contribution in [0.15, 0.2) is 36.4 Å². The Morgan fingerprint density at radius 1 is 1.14 bits per heavy atom. The lowest BCUT2D eigenvalue weighted by molar-refractivity contribution is -0.856. The van der Waals surface area contributed by atoms with Gasteiger partial charge in [-0.15, -0.1) is 0 Å². The molecule has 3 aromatic rings.